The number of carboxylic acids is 1. The Labute approximate surface area is 137 Å². The van der Waals surface area contributed by atoms with Crippen molar-refractivity contribution in [1.29, 1.82) is 0 Å². The number of nitrogens with one attached hydrogen (secondary N) is 1. The van der Waals surface area contributed by atoms with Crippen LogP contribution < -0.4 is 5.32 Å². The van der Waals surface area contributed by atoms with Crippen LogP contribution in [0.5, 0.6) is 0 Å². The zero-order chi connectivity index (χ0) is 17.1. The number of carbonyl (C=O) groups is 2. The monoisotopic (exact) mass is 327 g/mol. The highest BCUT2D eigenvalue weighted by Crippen LogP contribution is 2.20. The van der Waals surface area contributed by atoms with E-state index >= 15 is 0 Å². The van der Waals surface area contributed by atoms with Crippen molar-refractivity contribution in [2.75, 3.05) is 5.32 Å². The van der Waals surface area contributed by atoms with Gasteiger partial charge >= 0.3 is 5.97 Å². The molecule has 0 aliphatic carbocycles. The number of amides is 1. The van der Waals surface area contributed by atoms with E-state index in [0.29, 0.717) is 5.95 Å². The van der Waals surface area contributed by atoms with Gasteiger partial charge in [-0.25, -0.2) is 9.78 Å². The van der Waals surface area contributed by atoms with Gasteiger partial charge in [0.1, 0.15) is 6.54 Å². The number of hydrogen-bond acceptors (Lipinski definition) is 4. The van der Waals surface area contributed by atoms with Crippen LogP contribution in [0.2, 0.25) is 0 Å². The maximum absolute atomic E-state index is 12.2. The van der Waals surface area contributed by atoms with Gasteiger partial charge in [-0.15, -0.1) is 0 Å². The second-order valence-electron chi connectivity index (χ2n) is 5.33. The molecule has 0 atom stereocenters. The number of fused-ring (bicyclic) bond motifs is 1. The van der Waals surface area contributed by atoms with Gasteiger partial charge in [-0.1, -0.05) is 19.1 Å². The van der Waals surface area contributed by atoms with Crippen LogP contribution in [0.4, 0.5) is 5.95 Å². The van der Waals surface area contributed by atoms with Gasteiger partial charge in [0, 0.05) is 12.7 Å². The summed E-state index contributed by atoms with van der Waals surface area (Å²) in [5.41, 5.74) is 1.68. The fourth-order valence-electron chi connectivity index (χ4n) is 2.50. The largest absolute Gasteiger partial charge is 0.476 e. The van der Waals surface area contributed by atoms with Crippen molar-refractivity contribution in [1.82, 2.24) is 19.3 Å². The van der Waals surface area contributed by atoms with Crippen LogP contribution in [0.1, 0.15) is 23.8 Å². The Morgan fingerprint density at radius 2 is 2.04 bits per heavy atom. The molecule has 2 aromatic heterocycles. The number of imidazole rings is 1. The highest BCUT2D eigenvalue weighted by Gasteiger charge is 2.14. The Bertz CT molecular complexity index is 896. The van der Waals surface area contributed by atoms with Crippen molar-refractivity contribution in [3.8, 4) is 0 Å². The van der Waals surface area contributed by atoms with Gasteiger partial charge in [-0.05, 0) is 24.6 Å². The Kier molecular flexibility index (Phi) is 4.28. The summed E-state index contributed by atoms with van der Waals surface area (Å²) in [6, 6.07) is 9.03. The summed E-state index contributed by atoms with van der Waals surface area (Å²) in [6.07, 6.45) is 2.36. The van der Waals surface area contributed by atoms with Gasteiger partial charge in [0.2, 0.25) is 11.9 Å². The third-order valence-corrected chi connectivity index (χ3v) is 3.52. The van der Waals surface area contributed by atoms with Crippen molar-refractivity contribution < 1.29 is 14.7 Å². The first-order valence-electron chi connectivity index (χ1n) is 7.60. The summed E-state index contributed by atoms with van der Waals surface area (Å²) in [5, 5.41) is 15.5. The van der Waals surface area contributed by atoms with E-state index in [0.717, 1.165) is 24.0 Å². The minimum absolute atomic E-state index is 0.0807. The molecule has 0 saturated carbocycles. The number of carboxylic acid groups (broad SMARTS) is 1. The third-order valence-electron chi connectivity index (χ3n) is 3.52. The molecule has 0 aliphatic rings. The first kappa shape index (κ1) is 15.7. The molecule has 0 unspecified atom stereocenters. The van der Waals surface area contributed by atoms with Gasteiger partial charge in [0.05, 0.1) is 11.0 Å². The third kappa shape index (κ3) is 3.12. The molecule has 124 valence electrons. The van der Waals surface area contributed by atoms with E-state index in [1.165, 1.54) is 16.9 Å². The molecular weight excluding hydrogens is 310 g/mol. The second kappa shape index (κ2) is 6.53. The van der Waals surface area contributed by atoms with Crippen molar-refractivity contribution in [2.45, 2.75) is 26.4 Å². The van der Waals surface area contributed by atoms with Gasteiger partial charge < -0.3 is 9.67 Å². The molecule has 0 saturated heterocycles. The van der Waals surface area contributed by atoms with Crippen LogP contribution in [0.3, 0.4) is 0 Å². The van der Waals surface area contributed by atoms with Crippen LogP contribution in [-0.4, -0.2) is 36.3 Å². The number of anilines is 1. The first-order valence-corrected chi connectivity index (χ1v) is 7.60. The SMILES string of the molecule is CCCn1c(NC(=O)Cn2ccc(C(=O)O)n2)nc2ccccc21. The number of aryl methyl sites for hydroxylation is 1. The molecule has 0 bridgehead atoms. The van der Waals surface area contributed by atoms with Crippen molar-refractivity contribution in [3.63, 3.8) is 0 Å². The Morgan fingerprint density at radius 3 is 2.75 bits per heavy atom. The fourth-order valence-corrected chi connectivity index (χ4v) is 2.50. The number of carbonyl (C=O) groups excluding carboxylic acids is 1. The molecule has 3 aromatic rings. The van der Waals surface area contributed by atoms with E-state index < -0.39 is 5.97 Å². The zero-order valence-corrected chi connectivity index (χ0v) is 13.1. The lowest BCUT2D eigenvalue weighted by Gasteiger charge is -2.09. The van der Waals surface area contributed by atoms with E-state index in [-0.39, 0.29) is 18.1 Å². The normalized spacial score (nSPS) is 10.9. The Balaban J connectivity index is 1.79. The van der Waals surface area contributed by atoms with Crippen molar-refractivity contribution in [3.05, 3.63) is 42.2 Å². The number of hydrogen-bond donors (Lipinski definition) is 2. The summed E-state index contributed by atoms with van der Waals surface area (Å²) in [7, 11) is 0. The number of aromatic nitrogens is 4. The average molecular weight is 327 g/mol. The zero-order valence-electron chi connectivity index (χ0n) is 13.1. The number of benzene rings is 1. The van der Waals surface area contributed by atoms with Gasteiger partial charge in [-0.3, -0.25) is 14.8 Å². The molecule has 0 aliphatic heterocycles. The molecule has 2 N–H and O–H groups in total. The van der Waals surface area contributed by atoms with E-state index in [1.807, 2.05) is 28.8 Å². The summed E-state index contributed by atoms with van der Waals surface area (Å²) >= 11 is 0. The van der Waals surface area contributed by atoms with E-state index in [2.05, 4.69) is 22.3 Å². The summed E-state index contributed by atoms with van der Waals surface area (Å²) in [5.74, 6) is -0.963. The Morgan fingerprint density at radius 1 is 1.25 bits per heavy atom. The fraction of sp³-hybridized carbons (Fsp3) is 0.250. The number of para-hydroxylation sites is 2. The molecule has 8 nitrogen and oxygen atoms in total. The van der Waals surface area contributed by atoms with Crippen molar-refractivity contribution in [2.24, 2.45) is 0 Å². The first-order chi connectivity index (χ1) is 11.6. The van der Waals surface area contributed by atoms with Crippen LogP contribution in [0.25, 0.3) is 11.0 Å². The minimum atomic E-state index is -1.13. The van der Waals surface area contributed by atoms with E-state index in [9.17, 15) is 9.59 Å². The number of rotatable bonds is 6. The maximum Gasteiger partial charge on any atom is 0.356 e. The maximum atomic E-state index is 12.2. The summed E-state index contributed by atoms with van der Waals surface area (Å²) < 4.78 is 3.24. The average Bonchev–Trinajstić information content (AvgIpc) is 3.13. The summed E-state index contributed by atoms with van der Waals surface area (Å²) in [4.78, 5) is 27.5. The van der Waals surface area contributed by atoms with Crippen LogP contribution in [0.15, 0.2) is 36.5 Å². The van der Waals surface area contributed by atoms with Crippen LogP contribution in [-0.2, 0) is 17.9 Å². The van der Waals surface area contributed by atoms with Gasteiger partial charge in [-0.2, -0.15) is 5.10 Å². The minimum Gasteiger partial charge on any atom is -0.476 e. The summed E-state index contributed by atoms with van der Waals surface area (Å²) in [6.45, 7) is 2.71. The van der Waals surface area contributed by atoms with Crippen molar-refractivity contribution >= 4 is 28.9 Å². The molecule has 1 aromatic carbocycles. The molecule has 24 heavy (non-hydrogen) atoms. The van der Waals surface area contributed by atoms with E-state index in [1.54, 1.807) is 0 Å². The Hall–Kier alpha value is -3.16. The molecule has 8 heteroatoms. The highest BCUT2D eigenvalue weighted by atomic mass is 16.4. The van der Waals surface area contributed by atoms with Crippen LogP contribution >= 0.6 is 0 Å². The molecular formula is C16H17N5O3. The number of nitrogens with zero attached hydrogens (tertiary/aromatic N) is 4. The molecule has 2 heterocycles. The van der Waals surface area contributed by atoms with Gasteiger partial charge in [0.25, 0.3) is 0 Å². The van der Waals surface area contributed by atoms with Crippen LogP contribution in [0, 0.1) is 0 Å². The van der Waals surface area contributed by atoms with Gasteiger partial charge in [0.15, 0.2) is 5.69 Å². The van der Waals surface area contributed by atoms with E-state index in [4.69, 9.17) is 5.11 Å². The topological polar surface area (TPSA) is 102 Å². The molecule has 0 spiro atoms. The molecule has 0 radical (unpaired) electrons. The molecule has 3 rings (SSSR count). The lowest BCUT2D eigenvalue weighted by atomic mass is 10.3. The predicted molar refractivity (Wildman–Crippen MR) is 87.8 cm³/mol. The molecule has 0 fully saturated rings. The molecule has 1 amide bonds. The lowest BCUT2D eigenvalue weighted by molar-refractivity contribution is -0.117. The second-order valence-corrected chi connectivity index (χ2v) is 5.33. The highest BCUT2D eigenvalue weighted by molar-refractivity contribution is 5.91. The lowest BCUT2D eigenvalue weighted by Crippen LogP contribution is -2.21. The smallest absolute Gasteiger partial charge is 0.356 e. The quantitative estimate of drug-likeness (QED) is 0.721. The standard InChI is InChI=1S/C16H17N5O3/c1-2-8-21-13-6-4-3-5-11(13)17-16(21)18-14(22)10-20-9-7-12(19-20)15(23)24/h3-7,9H,2,8,10H2,1H3,(H,23,24)(H,17,18,22). The predicted octanol–water partition coefficient (Wildman–Crippen LogP) is 1.98. The number of aromatic carboxylic acids is 1.